The molecule has 0 fully saturated rings. The van der Waals surface area contributed by atoms with Gasteiger partial charge in [0.05, 0.1) is 28.4 Å². The van der Waals surface area contributed by atoms with Gasteiger partial charge in [-0.1, -0.05) is 158 Å². The first-order valence-corrected chi connectivity index (χ1v) is 19.5. The quantitative estimate of drug-likeness (QED) is 0.176. The number of nitrogens with zero attached hydrogens (tertiary/aromatic N) is 3. The Morgan fingerprint density at radius 2 is 0.879 bits per heavy atom. The minimum absolute atomic E-state index is 0.635. The Bertz CT molecular complexity index is 3010. The summed E-state index contributed by atoms with van der Waals surface area (Å²) in [6, 6.07) is 71.8. The summed E-state index contributed by atoms with van der Waals surface area (Å²) < 4.78 is 6.51. The number of hydrogen-bond donors (Lipinski definition) is 0. The number of hydrogen-bond acceptors (Lipinski definition) is 4. The fourth-order valence-corrected chi connectivity index (χ4v) is 9.03. The highest BCUT2D eigenvalue weighted by Gasteiger charge is 2.51. The van der Waals surface area contributed by atoms with Crippen molar-refractivity contribution >= 4 is 0 Å². The van der Waals surface area contributed by atoms with Crippen LogP contribution in [0.5, 0.6) is 11.5 Å². The summed E-state index contributed by atoms with van der Waals surface area (Å²) in [6.45, 7) is 0. The molecule has 1 spiro atoms. The minimum Gasteiger partial charge on any atom is -0.457 e. The summed E-state index contributed by atoms with van der Waals surface area (Å²) in [7, 11) is 0. The maximum Gasteiger partial charge on any atom is 0.160 e. The molecule has 8 aromatic carbocycles. The average Bonchev–Trinajstić information content (AvgIpc) is 3.59. The third kappa shape index (κ3) is 5.22. The van der Waals surface area contributed by atoms with Gasteiger partial charge in [-0.3, -0.25) is 0 Å². The van der Waals surface area contributed by atoms with E-state index in [0.717, 1.165) is 95.2 Å². The monoisotopic (exact) mass is 739 g/mol. The first kappa shape index (κ1) is 33.5. The van der Waals surface area contributed by atoms with E-state index in [-0.39, 0.29) is 0 Å². The molecule has 2 heterocycles. The highest BCUT2D eigenvalue weighted by molar-refractivity contribution is 5.93. The minimum atomic E-state index is -0.635. The van der Waals surface area contributed by atoms with Crippen LogP contribution in [0.3, 0.4) is 0 Å². The summed E-state index contributed by atoms with van der Waals surface area (Å²) in [4.78, 5) is 10.2. The first-order chi connectivity index (χ1) is 28.7. The predicted octanol–water partition coefficient (Wildman–Crippen LogP) is 13.2. The van der Waals surface area contributed by atoms with E-state index in [1.165, 1.54) is 0 Å². The van der Waals surface area contributed by atoms with Crippen LogP contribution in [0.4, 0.5) is 0 Å². The van der Waals surface area contributed by atoms with E-state index in [1.807, 2.05) is 72.8 Å². The number of nitriles is 1. The fourth-order valence-electron chi connectivity index (χ4n) is 9.03. The Labute approximate surface area is 337 Å². The van der Waals surface area contributed by atoms with Gasteiger partial charge >= 0.3 is 0 Å². The maximum atomic E-state index is 10.5. The molecule has 0 amide bonds. The molecule has 1 aromatic heterocycles. The van der Waals surface area contributed by atoms with Crippen molar-refractivity contribution < 1.29 is 4.74 Å². The van der Waals surface area contributed by atoms with Crippen LogP contribution >= 0.6 is 0 Å². The second-order valence-electron chi connectivity index (χ2n) is 14.8. The molecule has 1 aliphatic carbocycles. The Balaban J connectivity index is 1.03. The lowest BCUT2D eigenvalue weighted by atomic mass is 9.66. The third-order valence-corrected chi connectivity index (χ3v) is 11.6. The molecule has 0 unspecified atom stereocenters. The number of ether oxygens (including phenoxy) is 1. The van der Waals surface area contributed by atoms with Crippen molar-refractivity contribution in [2.75, 3.05) is 0 Å². The average molecular weight is 740 g/mol. The van der Waals surface area contributed by atoms with Crippen LogP contribution in [0.1, 0.15) is 27.8 Å². The summed E-state index contributed by atoms with van der Waals surface area (Å²) in [5.74, 6) is 2.33. The van der Waals surface area contributed by atoms with Crippen molar-refractivity contribution in [3.63, 3.8) is 0 Å². The van der Waals surface area contributed by atoms with Gasteiger partial charge in [0.1, 0.15) is 11.5 Å². The van der Waals surface area contributed by atoms with Crippen LogP contribution in [0.15, 0.2) is 200 Å². The van der Waals surface area contributed by atoms with Crippen molar-refractivity contribution in [2.24, 2.45) is 0 Å². The second-order valence-corrected chi connectivity index (χ2v) is 14.8. The molecule has 58 heavy (non-hydrogen) atoms. The Morgan fingerprint density at radius 1 is 0.397 bits per heavy atom. The Morgan fingerprint density at radius 3 is 1.48 bits per heavy atom. The lowest BCUT2D eigenvalue weighted by molar-refractivity contribution is 0.436. The zero-order chi connectivity index (χ0) is 38.6. The summed E-state index contributed by atoms with van der Waals surface area (Å²) in [5, 5.41) is 10.5. The largest absolute Gasteiger partial charge is 0.457 e. The van der Waals surface area contributed by atoms with Crippen molar-refractivity contribution in [1.29, 1.82) is 5.26 Å². The van der Waals surface area contributed by atoms with Crippen LogP contribution in [0, 0.1) is 11.3 Å². The third-order valence-electron chi connectivity index (χ3n) is 11.6. The SMILES string of the molecule is N#Cc1cccc2c1-c1cc(-c3cccc(-c4cccc(-c5nc(-c6ccccc6)cc(-c6ccccc6)n5)c4)c3)ccc1C21c2ccccc2Oc2ccccc21. The molecule has 0 radical (unpaired) electrons. The van der Waals surface area contributed by atoms with Gasteiger partial charge in [0, 0.05) is 33.4 Å². The molecule has 11 rings (SSSR count). The van der Waals surface area contributed by atoms with Crippen LogP contribution in [0.2, 0.25) is 0 Å². The van der Waals surface area contributed by atoms with E-state index in [4.69, 9.17) is 14.7 Å². The Kier molecular flexibility index (Phi) is 7.74. The second kappa shape index (κ2) is 13.4. The fraction of sp³-hybridized carbons (Fsp3) is 0.0185. The van der Waals surface area contributed by atoms with Gasteiger partial charge in [-0.05, 0) is 81.4 Å². The molecule has 0 saturated heterocycles. The van der Waals surface area contributed by atoms with Gasteiger partial charge in [-0.25, -0.2) is 9.97 Å². The molecule has 0 atom stereocenters. The van der Waals surface area contributed by atoms with E-state index in [2.05, 4.69) is 133 Å². The summed E-state index contributed by atoms with van der Waals surface area (Å²) in [5.41, 5.74) is 15.6. The van der Waals surface area contributed by atoms with Crippen LogP contribution in [-0.4, -0.2) is 9.97 Å². The zero-order valence-electron chi connectivity index (χ0n) is 31.3. The normalized spacial score (nSPS) is 12.7. The zero-order valence-corrected chi connectivity index (χ0v) is 31.3. The molecule has 1 aliphatic heterocycles. The van der Waals surface area contributed by atoms with E-state index in [1.54, 1.807) is 0 Å². The molecular weight excluding hydrogens is 707 g/mol. The van der Waals surface area contributed by atoms with E-state index >= 15 is 0 Å². The molecule has 270 valence electrons. The molecule has 4 heteroatoms. The number of benzene rings is 8. The predicted molar refractivity (Wildman–Crippen MR) is 231 cm³/mol. The number of aromatic nitrogens is 2. The molecule has 9 aromatic rings. The topological polar surface area (TPSA) is 58.8 Å². The van der Waals surface area contributed by atoms with Gasteiger partial charge in [-0.2, -0.15) is 5.26 Å². The van der Waals surface area contributed by atoms with E-state index < -0.39 is 5.41 Å². The molecule has 0 bridgehead atoms. The smallest absolute Gasteiger partial charge is 0.160 e. The van der Waals surface area contributed by atoms with E-state index in [0.29, 0.717) is 11.4 Å². The van der Waals surface area contributed by atoms with Gasteiger partial charge in [-0.15, -0.1) is 0 Å². The molecule has 0 saturated carbocycles. The van der Waals surface area contributed by atoms with Crippen molar-refractivity contribution in [3.05, 3.63) is 228 Å². The highest BCUT2D eigenvalue weighted by Crippen LogP contribution is 2.62. The number of fused-ring (bicyclic) bond motifs is 9. The van der Waals surface area contributed by atoms with Gasteiger partial charge in [0.15, 0.2) is 5.82 Å². The lowest BCUT2D eigenvalue weighted by Crippen LogP contribution is -2.32. The highest BCUT2D eigenvalue weighted by atomic mass is 16.5. The molecular formula is C54H33N3O. The first-order valence-electron chi connectivity index (χ1n) is 19.5. The molecule has 0 N–H and O–H groups in total. The summed E-state index contributed by atoms with van der Waals surface area (Å²) in [6.07, 6.45) is 0. The van der Waals surface area contributed by atoms with Crippen LogP contribution in [-0.2, 0) is 5.41 Å². The standard InChI is InChI=1S/C54H33N3O/c55-34-42-22-13-25-47-52(42)43-32-40(28-29-44(43)54(47)45-23-7-9-26-50(45)58-51-27-10-8-24-46(51)54)38-19-11-18-37(30-38)39-20-12-21-41(31-39)53-56-48(35-14-3-1-4-15-35)33-49(57-53)36-16-5-2-6-17-36/h1-33H. The number of para-hydroxylation sites is 2. The van der Waals surface area contributed by atoms with Crippen molar-refractivity contribution in [3.8, 4) is 84.9 Å². The summed E-state index contributed by atoms with van der Waals surface area (Å²) >= 11 is 0. The molecule has 4 nitrogen and oxygen atoms in total. The van der Waals surface area contributed by atoms with Gasteiger partial charge in [0.2, 0.25) is 0 Å². The van der Waals surface area contributed by atoms with Crippen molar-refractivity contribution in [1.82, 2.24) is 9.97 Å². The van der Waals surface area contributed by atoms with Gasteiger partial charge < -0.3 is 4.74 Å². The number of rotatable bonds is 5. The van der Waals surface area contributed by atoms with Gasteiger partial charge in [0.25, 0.3) is 0 Å². The van der Waals surface area contributed by atoms with Crippen LogP contribution < -0.4 is 4.74 Å². The van der Waals surface area contributed by atoms with Crippen LogP contribution in [0.25, 0.3) is 67.3 Å². The Hall–Kier alpha value is -7.87. The van der Waals surface area contributed by atoms with Crippen molar-refractivity contribution in [2.45, 2.75) is 5.41 Å². The lowest BCUT2D eigenvalue weighted by Gasteiger charge is -2.39. The molecule has 2 aliphatic rings. The van der Waals surface area contributed by atoms with E-state index in [9.17, 15) is 5.26 Å². The maximum absolute atomic E-state index is 10.5.